The van der Waals surface area contributed by atoms with Crippen LogP contribution in [0.3, 0.4) is 0 Å². The van der Waals surface area contributed by atoms with Gasteiger partial charge in [-0.3, -0.25) is 0 Å². The zero-order chi connectivity index (χ0) is 15.6. The van der Waals surface area contributed by atoms with Crippen LogP contribution in [0.5, 0.6) is 11.5 Å². The number of rotatable bonds is 5. The molecule has 1 aromatic rings. The molecule has 1 atom stereocenters. The second-order valence-corrected chi connectivity index (χ2v) is 5.67. The van der Waals surface area contributed by atoms with Gasteiger partial charge in [-0.2, -0.15) is 13.2 Å². The Labute approximate surface area is 121 Å². The number of ether oxygens (including phenoxy) is 2. The summed E-state index contributed by atoms with van der Waals surface area (Å²) < 4.78 is 47.8. The Bertz CT molecular complexity index is 475. The largest absolute Gasteiger partial charge is 0.493 e. The zero-order valence-corrected chi connectivity index (χ0v) is 12.2. The summed E-state index contributed by atoms with van der Waals surface area (Å²) in [5.74, 6) is 0.246. The fraction of sp³-hybridized carbons (Fsp3) is 0.500. The molecule has 0 aliphatic rings. The van der Waals surface area contributed by atoms with E-state index in [1.165, 1.54) is 20.3 Å². The van der Waals surface area contributed by atoms with Crippen molar-refractivity contribution in [2.24, 2.45) is 5.73 Å². The fourth-order valence-electron chi connectivity index (χ4n) is 1.73. The van der Waals surface area contributed by atoms with Crippen molar-refractivity contribution in [1.29, 1.82) is 0 Å². The first kappa shape index (κ1) is 17.0. The van der Waals surface area contributed by atoms with Crippen LogP contribution in [-0.2, 0) is 6.42 Å². The normalized spacial score (nSPS) is 14.8. The molecule has 0 aromatic heterocycles. The van der Waals surface area contributed by atoms with Gasteiger partial charge in [-0.15, -0.1) is 0 Å². The van der Waals surface area contributed by atoms with Crippen molar-refractivity contribution in [2.45, 2.75) is 29.2 Å². The third kappa shape index (κ3) is 5.17. The summed E-state index contributed by atoms with van der Waals surface area (Å²) in [7, 11) is 8.32. The van der Waals surface area contributed by atoms with E-state index in [4.69, 9.17) is 23.1 Å². The zero-order valence-electron chi connectivity index (χ0n) is 11.4. The van der Waals surface area contributed by atoms with Crippen molar-refractivity contribution >= 4 is 19.6 Å². The number of hydrogen-bond donors (Lipinski definition) is 1. The van der Waals surface area contributed by atoms with Gasteiger partial charge in [0.15, 0.2) is 11.5 Å². The van der Waals surface area contributed by atoms with E-state index in [2.05, 4.69) is 0 Å². The molecule has 0 aliphatic heterocycles. The highest BCUT2D eigenvalue weighted by Crippen LogP contribution is 2.45. The predicted molar refractivity (Wildman–Crippen MR) is 73.5 cm³/mol. The highest BCUT2D eigenvalue weighted by atomic mass is 32.2. The van der Waals surface area contributed by atoms with Crippen LogP contribution in [0.2, 0.25) is 0 Å². The fourth-order valence-corrected chi connectivity index (χ4v) is 2.46. The van der Waals surface area contributed by atoms with Gasteiger partial charge in [0, 0.05) is 0 Å². The Balaban J connectivity index is 3.27. The second kappa shape index (κ2) is 6.18. The van der Waals surface area contributed by atoms with Crippen LogP contribution in [-0.4, -0.2) is 33.0 Å². The van der Waals surface area contributed by atoms with Crippen LogP contribution in [0.25, 0.3) is 0 Å². The summed E-state index contributed by atoms with van der Waals surface area (Å²) in [4.78, 5) is -0.0846. The standard InChI is InChI=1S/C12H15BF3NO2S/c1-11(13,17)6-7-4-8(18-2)10(19-3)9(5-7)20-12(14,15)16/h4-5H,6,17H2,1-3H3. The lowest BCUT2D eigenvalue weighted by Crippen LogP contribution is -2.38. The molecule has 0 saturated heterocycles. The van der Waals surface area contributed by atoms with Gasteiger partial charge in [-0.25, -0.2) is 0 Å². The molecule has 0 bridgehead atoms. The Morgan fingerprint density at radius 3 is 2.25 bits per heavy atom. The molecule has 1 rings (SSSR count). The maximum absolute atomic E-state index is 12.6. The van der Waals surface area contributed by atoms with E-state index in [9.17, 15) is 13.2 Å². The lowest BCUT2D eigenvalue weighted by molar-refractivity contribution is -0.0328. The van der Waals surface area contributed by atoms with Crippen molar-refractivity contribution < 1.29 is 22.6 Å². The van der Waals surface area contributed by atoms with Gasteiger partial charge in [0.2, 0.25) is 0 Å². The Morgan fingerprint density at radius 2 is 1.85 bits per heavy atom. The summed E-state index contributed by atoms with van der Waals surface area (Å²) in [6, 6.07) is 2.93. The average molecular weight is 305 g/mol. The van der Waals surface area contributed by atoms with Crippen molar-refractivity contribution in [3.05, 3.63) is 17.7 Å². The van der Waals surface area contributed by atoms with Crippen LogP contribution in [0, 0.1) is 0 Å². The maximum atomic E-state index is 12.6. The molecule has 2 N–H and O–H groups in total. The SMILES string of the molecule is [B]C(C)(N)Cc1cc(OC)c(OC)c(SC(F)(F)F)c1. The summed E-state index contributed by atoms with van der Waals surface area (Å²) in [6.45, 7) is 1.58. The van der Waals surface area contributed by atoms with Crippen molar-refractivity contribution in [3.8, 4) is 11.5 Å². The number of methoxy groups -OCH3 is 2. The lowest BCUT2D eigenvalue weighted by atomic mass is 9.76. The van der Waals surface area contributed by atoms with Crippen LogP contribution in [0.15, 0.2) is 17.0 Å². The third-order valence-electron chi connectivity index (χ3n) is 2.32. The van der Waals surface area contributed by atoms with Gasteiger partial charge in [-0.05, 0) is 41.3 Å². The van der Waals surface area contributed by atoms with Crippen molar-refractivity contribution in [1.82, 2.24) is 0 Å². The molecule has 0 fully saturated rings. The molecule has 0 spiro atoms. The average Bonchev–Trinajstić information content (AvgIpc) is 2.23. The minimum atomic E-state index is -4.42. The van der Waals surface area contributed by atoms with Crippen LogP contribution in [0.1, 0.15) is 12.5 Å². The highest BCUT2D eigenvalue weighted by molar-refractivity contribution is 8.00. The number of halogens is 3. The van der Waals surface area contributed by atoms with E-state index >= 15 is 0 Å². The topological polar surface area (TPSA) is 44.5 Å². The van der Waals surface area contributed by atoms with Gasteiger partial charge in [0.05, 0.1) is 27.0 Å². The van der Waals surface area contributed by atoms with Gasteiger partial charge >= 0.3 is 5.51 Å². The van der Waals surface area contributed by atoms with Gasteiger partial charge in [0.25, 0.3) is 0 Å². The van der Waals surface area contributed by atoms with Crippen LogP contribution >= 0.6 is 11.8 Å². The quantitative estimate of drug-likeness (QED) is 0.671. The number of nitrogens with two attached hydrogens (primary N) is 1. The first-order valence-corrected chi connectivity index (χ1v) is 6.46. The maximum Gasteiger partial charge on any atom is 0.446 e. The van der Waals surface area contributed by atoms with E-state index in [0.717, 1.165) is 0 Å². The van der Waals surface area contributed by atoms with E-state index in [1.54, 1.807) is 13.0 Å². The summed E-state index contributed by atoms with van der Waals surface area (Å²) in [5, 5.41) is 0. The number of benzene rings is 1. The summed E-state index contributed by atoms with van der Waals surface area (Å²) in [6.07, 6.45) is 0.207. The molecule has 0 aliphatic carbocycles. The number of alkyl halides is 3. The smallest absolute Gasteiger partial charge is 0.446 e. The first-order valence-electron chi connectivity index (χ1n) is 5.64. The van der Waals surface area contributed by atoms with Crippen LogP contribution < -0.4 is 15.2 Å². The molecular formula is C12H15BF3NO2S. The molecule has 1 aromatic carbocycles. The van der Waals surface area contributed by atoms with Gasteiger partial charge < -0.3 is 15.2 Å². The minimum absolute atomic E-state index is 0.0364. The monoisotopic (exact) mass is 305 g/mol. The molecule has 3 nitrogen and oxygen atoms in total. The van der Waals surface area contributed by atoms with E-state index in [0.29, 0.717) is 5.56 Å². The molecule has 2 radical (unpaired) electrons. The molecule has 8 heteroatoms. The second-order valence-electron chi connectivity index (χ2n) is 4.56. The number of hydrogen-bond acceptors (Lipinski definition) is 4. The Kier molecular flexibility index (Phi) is 5.26. The van der Waals surface area contributed by atoms with Crippen molar-refractivity contribution in [2.75, 3.05) is 14.2 Å². The van der Waals surface area contributed by atoms with Crippen LogP contribution in [0.4, 0.5) is 13.2 Å². The molecule has 0 amide bonds. The molecule has 20 heavy (non-hydrogen) atoms. The summed E-state index contributed by atoms with van der Waals surface area (Å²) in [5.41, 5.74) is 0.774. The predicted octanol–water partition coefficient (Wildman–Crippen LogP) is 2.70. The molecule has 110 valence electrons. The molecule has 0 saturated carbocycles. The first-order chi connectivity index (χ1) is 9.05. The van der Waals surface area contributed by atoms with E-state index in [1.807, 2.05) is 0 Å². The van der Waals surface area contributed by atoms with Gasteiger partial charge in [-0.1, -0.05) is 6.92 Å². The molecule has 1 unspecified atom stereocenters. The van der Waals surface area contributed by atoms with E-state index < -0.39 is 10.9 Å². The third-order valence-corrected chi connectivity index (χ3v) is 3.07. The lowest BCUT2D eigenvalue weighted by Gasteiger charge is -2.21. The Hall–Kier alpha value is -1.02. The van der Waals surface area contributed by atoms with Gasteiger partial charge in [0.1, 0.15) is 0 Å². The highest BCUT2D eigenvalue weighted by Gasteiger charge is 2.32. The Morgan fingerprint density at radius 1 is 1.25 bits per heavy atom. The summed E-state index contributed by atoms with van der Waals surface area (Å²) >= 11 is -0.265. The number of thioether (sulfide) groups is 1. The molecule has 0 heterocycles. The minimum Gasteiger partial charge on any atom is -0.493 e. The van der Waals surface area contributed by atoms with Crippen molar-refractivity contribution in [3.63, 3.8) is 0 Å². The molecular weight excluding hydrogens is 290 g/mol. The van der Waals surface area contributed by atoms with E-state index in [-0.39, 0.29) is 34.6 Å².